The molecule has 34 heavy (non-hydrogen) atoms. The Morgan fingerprint density at radius 1 is 0.500 bits per heavy atom. The van der Waals surface area contributed by atoms with Crippen LogP contribution in [0.4, 0.5) is 0 Å². The van der Waals surface area contributed by atoms with Crippen LogP contribution in [0.3, 0.4) is 0 Å². The van der Waals surface area contributed by atoms with E-state index in [-0.39, 0.29) is 0 Å². The smallest absolute Gasteiger partial charge is 0.0626 e. The highest BCUT2D eigenvalue weighted by Gasteiger charge is 2.20. The number of benzene rings is 6. The maximum atomic E-state index is 2.49. The molecule has 0 saturated heterocycles. The summed E-state index contributed by atoms with van der Waals surface area (Å²) in [6, 6.07) is 40.1. The summed E-state index contributed by atoms with van der Waals surface area (Å²) in [4.78, 5) is 0. The lowest BCUT2D eigenvalue weighted by molar-refractivity contribution is 1.19. The fourth-order valence-electron chi connectivity index (χ4n) is 5.79. The van der Waals surface area contributed by atoms with E-state index in [0.29, 0.717) is 0 Å². The van der Waals surface area contributed by atoms with Crippen LogP contribution >= 0.6 is 11.3 Å². The fourth-order valence-corrected chi connectivity index (χ4v) is 6.59. The fraction of sp³-hybridized carbons (Fsp3) is 0. The van der Waals surface area contributed by atoms with Gasteiger partial charge in [0.2, 0.25) is 0 Å². The molecule has 1 nitrogen and oxygen atoms in total. The largest absolute Gasteiger partial charge is 0.309 e. The maximum Gasteiger partial charge on any atom is 0.0626 e. The molecule has 0 aliphatic carbocycles. The van der Waals surface area contributed by atoms with Crippen molar-refractivity contribution in [3.8, 4) is 5.69 Å². The first kappa shape index (κ1) is 18.3. The van der Waals surface area contributed by atoms with Gasteiger partial charge in [-0.15, -0.1) is 11.3 Å². The van der Waals surface area contributed by atoms with Gasteiger partial charge in [-0.3, -0.25) is 0 Å². The molecule has 0 saturated carbocycles. The Balaban J connectivity index is 1.71. The zero-order valence-corrected chi connectivity index (χ0v) is 19.1. The number of aromatic nitrogens is 1. The molecule has 0 N–H and O–H groups in total. The third kappa shape index (κ3) is 2.33. The van der Waals surface area contributed by atoms with Crippen molar-refractivity contribution in [3.63, 3.8) is 0 Å². The van der Waals surface area contributed by atoms with Gasteiger partial charge in [0.1, 0.15) is 0 Å². The van der Waals surface area contributed by atoms with Crippen molar-refractivity contribution in [2.45, 2.75) is 0 Å². The molecular formula is C32H19NS. The predicted molar refractivity (Wildman–Crippen MR) is 149 cm³/mol. The molecule has 0 fully saturated rings. The normalized spacial score (nSPS) is 12.1. The maximum absolute atomic E-state index is 2.49. The highest BCUT2D eigenvalue weighted by Crippen LogP contribution is 2.45. The van der Waals surface area contributed by atoms with Gasteiger partial charge in [-0.05, 0) is 62.6 Å². The van der Waals surface area contributed by atoms with Crippen LogP contribution < -0.4 is 0 Å². The summed E-state index contributed by atoms with van der Waals surface area (Å²) in [5.41, 5.74) is 3.75. The average Bonchev–Trinajstić information content (AvgIpc) is 3.51. The first-order chi connectivity index (χ1) is 16.9. The standard InChI is InChI=1S/C32H19NS/c1-2-8-21-19-22(14-13-20(21)7-1)33-28-15-16-29-27(17-18-34-29)30(28)31-25-11-5-3-9-23(25)24-10-4-6-12-26(24)32(31)33/h1-19H. The minimum Gasteiger partial charge on any atom is -0.309 e. The summed E-state index contributed by atoms with van der Waals surface area (Å²) in [5, 5.41) is 14.0. The van der Waals surface area contributed by atoms with Crippen LogP contribution in [0.1, 0.15) is 0 Å². The van der Waals surface area contributed by atoms with Gasteiger partial charge in [-0.25, -0.2) is 0 Å². The molecule has 0 spiro atoms. The van der Waals surface area contributed by atoms with Gasteiger partial charge in [0.25, 0.3) is 0 Å². The summed E-state index contributed by atoms with van der Waals surface area (Å²) in [5.74, 6) is 0. The molecule has 0 radical (unpaired) electrons. The van der Waals surface area contributed by atoms with E-state index in [1.165, 1.54) is 69.9 Å². The molecule has 2 aromatic heterocycles. The lowest BCUT2D eigenvalue weighted by Gasteiger charge is -2.13. The number of hydrogen-bond donors (Lipinski definition) is 0. The molecule has 2 heterocycles. The van der Waals surface area contributed by atoms with Crippen molar-refractivity contribution in [2.75, 3.05) is 0 Å². The molecule has 0 aliphatic rings. The molecule has 0 bridgehead atoms. The van der Waals surface area contributed by atoms with Crippen LogP contribution in [-0.2, 0) is 0 Å². The zero-order valence-electron chi connectivity index (χ0n) is 18.3. The molecule has 0 amide bonds. The second-order valence-corrected chi connectivity index (χ2v) is 9.92. The number of thiophene rings is 1. The topological polar surface area (TPSA) is 4.93 Å². The van der Waals surface area contributed by atoms with E-state index in [0.717, 1.165) is 0 Å². The van der Waals surface area contributed by atoms with Crippen molar-refractivity contribution in [3.05, 3.63) is 115 Å². The lowest BCUT2D eigenvalue weighted by Crippen LogP contribution is -1.95. The van der Waals surface area contributed by atoms with Crippen LogP contribution in [0.25, 0.3) is 69.9 Å². The van der Waals surface area contributed by atoms with Crippen molar-refractivity contribution in [1.82, 2.24) is 4.57 Å². The number of nitrogens with zero attached hydrogens (tertiary/aromatic N) is 1. The molecule has 0 aliphatic heterocycles. The monoisotopic (exact) mass is 449 g/mol. The molecule has 8 aromatic rings. The van der Waals surface area contributed by atoms with Crippen LogP contribution in [0.15, 0.2) is 115 Å². The van der Waals surface area contributed by atoms with Gasteiger partial charge in [0.05, 0.1) is 11.0 Å². The highest BCUT2D eigenvalue weighted by molar-refractivity contribution is 7.17. The molecule has 0 atom stereocenters. The van der Waals surface area contributed by atoms with E-state index >= 15 is 0 Å². The van der Waals surface area contributed by atoms with E-state index < -0.39 is 0 Å². The van der Waals surface area contributed by atoms with Gasteiger partial charge in [-0.2, -0.15) is 0 Å². The minimum absolute atomic E-state index is 1.20. The quantitative estimate of drug-likeness (QED) is 0.220. The van der Waals surface area contributed by atoms with E-state index in [9.17, 15) is 0 Å². The van der Waals surface area contributed by atoms with Gasteiger partial charge < -0.3 is 4.57 Å². The van der Waals surface area contributed by atoms with Crippen LogP contribution in [-0.4, -0.2) is 4.57 Å². The second kappa shape index (κ2) is 6.69. The number of hydrogen-bond acceptors (Lipinski definition) is 1. The predicted octanol–water partition coefficient (Wildman–Crippen LogP) is 9.46. The van der Waals surface area contributed by atoms with Crippen LogP contribution in [0.2, 0.25) is 0 Å². The van der Waals surface area contributed by atoms with Crippen molar-refractivity contribution >= 4 is 75.5 Å². The second-order valence-electron chi connectivity index (χ2n) is 8.97. The SMILES string of the molecule is c1ccc2cc(-n3c4ccc5sccc5c4c4c5ccccc5c5ccccc5c43)ccc2c1. The van der Waals surface area contributed by atoms with Crippen molar-refractivity contribution in [2.24, 2.45) is 0 Å². The van der Waals surface area contributed by atoms with E-state index in [2.05, 4.69) is 119 Å². The molecule has 0 unspecified atom stereocenters. The van der Waals surface area contributed by atoms with Crippen molar-refractivity contribution < 1.29 is 0 Å². The summed E-state index contributed by atoms with van der Waals surface area (Å²) < 4.78 is 3.82. The molecule has 2 heteroatoms. The third-order valence-corrected chi connectivity index (χ3v) is 8.11. The molecule has 158 valence electrons. The van der Waals surface area contributed by atoms with Gasteiger partial charge in [-0.1, -0.05) is 78.9 Å². The summed E-state index contributed by atoms with van der Waals surface area (Å²) in [6.07, 6.45) is 0. The molecule has 6 aromatic carbocycles. The number of rotatable bonds is 1. The third-order valence-electron chi connectivity index (χ3n) is 7.22. The summed E-state index contributed by atoms with van der Waals surface area (Å²) in [7, 11) is 0. The Labute approximate surface area is 200 Å². The Hall–Kier alpha value is -4.14. The Morgan fingerprint density at radius 2 is 1.21 bits per heavy atom. The lowest BCUT2D eigenvalue weighted by atomic mass is 9.96. The first-order valence-corrected chi connectivity index (χ1v) is 12.5. The van der Waals surface area contributed by atoms with Crippen molar-refractivity contribution in [1.29, 1.82) is 0 Å². The number of fused-ring (bicyclic) bond motifs is 11. The Bertz CT molecular complexity index is 2070. The molecule has 8 rings (SSSR count). The Kier molecular flexibility index (Phi) is 3.60. The summed E-state index contributed by atoms with van der Waals surface area (Å²) in [6.45, 7) is 0. The van der Waals surface area contributed by atoms with Gasteiger partial charge in [0, 0.05) is 31.9 Å². The first-order valence-electron chi connectivity index (χ1n) is 11.6. The van der Waals surface area contributed by atoms with E-state index in [4.69, 9.17) is 0 Å². The van der Waals surface area contributed by atoms with E-state index in [1.54, 1.807) is 0 Å². The van der Waals surface area contributed by atoms with E-state index in [1.807, 2.05) is 11.3 Å². The van der Waals surface area contributed by atoms with Gasteiger partial charge >= 0.3 is 0 Å². The van der Waals surface area contributed by atoms with Crippen LogP contribution in [0.5, 0.6) is 0 Å². The zero-order chi connectivity index (χ0) is 22.2. The van der Waals surface area contributed by atoms with Crippen LogP contribution in [0, 0.1) is 0 Å². The minimum atomic E-state index is 1.20. The highest BCUT2D eigenvalue weighted by atomic mass is 32.1. The summed E-state index contributed by atoms with van der Waals surface area (Å²) >= 11 is 1.82. The Morgan fingerprint density at radius 3 is 2.06 bits per heavy atom. The molecular weight excluding hydrogens is 430 g/mol. The van der Waals surface area contributed by atoms with Gasteiger partial charge in [0.15, 0.2) is 0 Å². The average molecular weight is 450 g/mol.